The molecule has 0 bridgehead atoms. The number of rotatable bonds is 45. The molecule has 0 aromatic heterocycles. The lowest BCUT2D eigenvalue weighted by molar-refractivity contribution is -0.167. The second kappa shape index (κ2) is 51.0. The van der Waals surface area contributed by atoms with Gasteiger partial charge in [0.05, 0.1) is 0 Å². The van der Waals surface area contributed by atoms with E-state index in [9.17, 15) is 14.4 Å². The van der Waals surface area contributed by atoms with E-state index in [0.717, 1.165) is 109 Å². The first-order valence-electron chi connectivity index (χ1n) is 25.8. The maximum Gasteiger partial charge on any atom is 0.306 e. The molecule has 358 valence electrons. The Morgan fingerprint density at radius 2 is 0.571 bits per heavy atom. The van der Waals surface area contributed by atoms with Crippen molar-refractivity contribution in [3.05, 3.63) is 97.2 Å². The first-order valence-corrected chi connectivity index (χ1v) is 25.8. The Hall–Kier alpha value is -3.67. The zero-order valence-corrected chi connectivity index (χ0v) is 40.8. The fraction of sp³-hybridized carbons (Fsp3) is 0.667. The number of esters is 3. The minimum atomic E-state index is -0.798. The van der Waals surface area contributed by atoms with Crippen molar-refractivity contribution in [2.75, 3.05) is 13.2 Å². The Morgan fingerprint density at radius 3 is 0.921 bits per heavy atom. The Bertz CT molecular complexity index is 1280. The Balaban J connectivity index is 4.45. The SMILES string of the molecule is CCCCC\C=C/C=C\C=C/C=C\CCCCCCCC(=O)OCC(COC(=O)CCCCCCCCCCC)OC(=O)CCCCCCC\C=C/C=C\C=C/C=C\CCCCC. The molecule has 0 fully saturated rings. The van der Waals surface area contributed by atoms with E-state index >= 15 is 0 Å². The second-order valence-corrected chi connectivity index (χ2v) is 16.9. The molecule has 0 spiro atoms. The van der Waals surface area contributed by atoms with Crippen LogP contribution in [0.25, 0.3) is 0 Å². The summed E-state index contributed by atoms with van der Waals surface area (Å²) in [6.07, 6.45) is 66.7. The highest BCUT2D eigenvalue weighted by atomic mass is 16.6. The first-order chi connectivity index (χ1) is 31.0. The van der Waals surface area contributed by atoms with Crippen LogP contribution >= 0.6 is 0 Å². The summed E-state index contributed by atoms with van der Waals surface area (Å²) in [6.45, 7) is 6.49. The molecule has 1 unspecified atom stereocenters. The van der Waals surface area contributed by atoms with Crippen LogP contribution in [0.1, 0.15) is 226 Å². The van der Waals surface area contributed by atoms with Crippen molar-refractivity contribution in [3.8, 4) is 0 Å². The van der Waals surface area contributed by atoms with Crippen molar-refractivity contribution in [2.45, 2.75) is 232 Å². The molecule has 0 aromatic carbocycles. The smallest absolute Gasteiger partial charge is 0.306 e. The van der Waals surface area contributed by atoms with E-state index in [1.54, 1.807) is 0 Å². The molecule has 1 atom stereocenters. The molecule has 0 aliphatic heterocycles. The van der Waals surface area contributed by atoms with Crippen LogP contribution in [0.15, 0.2) is 97.2 Å². The van der Waals surface area contributed by atoms with Gasteiger partial charge in [0.15, 0.2) is 6.10 Å². The number of carbonyl (C=O) groups excluding carboxylic acids is 3. The van der Waals surface area contributed by atoms with Crippen LogP contribution in [0.2, 0.25) is 0 Å². The van der Waals surface area contributed by atoms with Gasteiger partial charge in [-0.3, -0.25) is 14.4 Å². The number of hydrogen-bond donors (Lipinski definition) is 0. The predicted molar refractivity (Wildman–Crippen MR) is 270 cm³/mol. The lowest BCUT2D eigenvalue weighted by atomic mass is 10.1. The third kappa shape index (κ3) is 49.2. The molecule has 0 heterocycles. The van der Waals surface area contributed by atoms with Gasteiger partial charge in [0.1, 0.15) is 13.2 Å². The normalized spacial score (nSPS) is 12.9. The monoisotopic (exact) mass is 875 g/mol. The lowest BCUT2D eigenvalue weighted by Gasteiger charge is -2.18. The van der Waals surface area contributed by atoms with Gasteiger partial charge in [-0.05, 0) is 70.6 Å². The molecular formula is C57H94O6. The number of hydrogen-bond acceptors (Lipinski definition) is 6. The molecule has 0 saturated carbocycles. The highest BCUT2D eigenvalue weighted by Gasteiger charge is 2.19. The fourth-order valence-corrected chi connectivity index (χ4v) is 6.82. The molecule has 0 saturated heterocycles. The van der Waals surface area contributed by atoms with Gasteiger partial charge < -0.3 is 14.2 Å². The summed E-state index contributed by atoms with van der Waals surface area (Å²) in [5.41, 5.74) is 0. The van der Waals surface area contributed by atoms with Crippen molar-refractivity contribution in [1.82, 2.24) is 0 Å². The molecule has 0 aromatic rings. The summed E-state index contributed by atoms with van der Waals surface area (Å²) in [5, 5.41) is 0. The van der Waals surface area contributed by atoms with Gasteiger partial charge in [0.25, 0.3) is 0 Å². The van der Waals surface area contributed by atoms with Crippen LogP contribution in [-0.4, -0.2) is 37.2 Å². The molecule has 6 nitrogen and oxygen atoms in total. The number of unbranched alkanes of at least 4 members (excludes halogenated alkanes) is 24. The predicted octanol–water partition coefficient (Wildman–Crippen LogP) is 17.0. The largest absolute Gasteiger partial charge is 0.462 e. The van der Waals surface area contributed by atoms with Crippen LogP contribution in [0.4, 0.5) is 0 Å². The molecule has 0 aliphatic rings. The Kier molecular flexibility index (Phi) is 48.0. The average molecular weight is 875 g/mol. The standard InChI is InChI=1S/C57H94O6/c1-4-7-10-13-16-19-21-23-25-27-29-31-33-35-38-41-44-47-50-56(59)62-53-54(52-61-55(58)49-46-43-40-37-18-15-12-9-6-3)63-57(60)51-48-45-42-39-36-34-32-30-28-26-24-22-20-17-14-11-8-5-2/h16-17,19-32,54H,4-15,18,33-53H2,1-3H3/b19-16-,20-17-,23-21-,24-22-,27-25-,28-26-,31-29-,32-30-. The van der Waals surface area contributed by atoms with Crippen molar-refractivity contribution in [3.63, 3.8) is 0 Å². The van der Waals surface area contributed by atoms with Gasteiger partial charge in [-0.1, -0.05) is 234 Å². The summed E-state index contributed by atoms with van der Waals surface area (Å²) >= 11 is 0. The Morgan fingerprint density at radius 1 is 0.317 bits per heavy atom. The van der Waals surface area contributed by atoms with E-state index in [2.05, 4.69) is 118 Å². The fourth-order valence-electron chi connectivity index (χ4n) is 6.82. The van der Waals surface area contributed by atoms with Crippen LogP contribution in [0, 0.1) is 0 Å². The molecule has 0 aliphatic carbocycles. The van der Waals surface area contributed by atoms with E-state index in [0.29, 0.717) is 19.3 Å². The molecule has 0 rings (SSSR count). The van der Waals surface area contributed by atoms with E-state index in [-0.39, 0.29) is 31.1 Å². The van der Waals surface area contributed by atoms with Gasteiger partial charge in [0.2, 0.25) is 0 Å². The van der Waals surface area contributed by atoms with Crippen LogP contribution in [0.3, 0.4) is 0 Å². The van der Waals surface area contributed by atoms with Crippen molar-refractivity contribution < 1.29 is 28.6 Å². The summed E-state index contributed by atoms with van der Waals surface area (Å²) < 4.78 is 16.7. The molecule has 0 radical (unpaired) electrons. The van der Waals surface area contributed by atoms with Crippen LogP contribution in [0.5, 0.6) is 0 Å². The summed E-state index contributed by atoms with van der Waals surface area (Å²) in [7, 11) is 0. The zero-order chi connectivity index (χ0) is 45.8. The molecule has 6 heteroatoms. The average Bonchev–Trinajstić information content (AvgIpc) is 3.28. The molecule has 0 N–H and O–H groups in total. The van der Waals surface area contributed by atoms with Gasteiger partial charge in [-0.25, -0.2) is 0 Å². The number of allylic oxidation sites excluding steroid dienone is 16. The van der Waals surface area contributed by atoms with Crippen molar-refractivity contribution >= 4 is 17.9 Å². The highest BCUT2D eigenvalue weighted by molar-refractivity contribution is 5.71. The van der Waals surface area contributed by atoms with E-state index in [1.165, 1.54) is 77.0 Å². The van der Waals surface area contributed by atoms with Gasteiger partial charge >= 0.3 is 17.9 Å². The second-order valence-electron chi connectivity index (χ2n) is 16.9. The third-order valence-electron chi connectivity index (χ3n) is 10.8. The minimum Gasteiger partial charge on any atom is -0.462 e. The first kappa shape index (κ1) is 59.3. The van der Waals surface area contributed by atoms with Gasteiger partial charge in [-0.15, -0.1) is 0 Å². The topological polar surface area (TPSA) is 78.9 Å². The van der Waals surface area contributed by atoms with E-state index in [1.807, 2.05) is 0 Å². The van der Waals surface area contributed by atoms with Gasteiger partial charge in [0, 0.05) is 19.3 Å². The van der Waals surface area contributed by atoms with Crippen molar-refractivity contribution in [1.29, 1.82) is 0 Å². The lowest BCUT2D eigenvalue weighted by Crippen LogP contribution is -2.30. The molecule has 0 amide bonds. The molecule has 63 heavy (non-hydrogen) atoms. The number of carbonyl (C=O) groups is 3. The summed E-state index contributed by atoms with van der Waals surface area (Å²) in [5.74, 6) is -0.948. The van der Waals surface area contributed by atoms with E-state index in [4.69, 9.17) is 14.2 Å². The highest BCUT2D eigenvalue weighted by Crippen LogP contribution is 2.13. The quantitative estimate of drug-likeness (QED) is 0.0262. The maximum atomic E-state index is 12.8. The summed E-state index contributed by atoms with van der Waals surface area (Å²) in [4.78, 5) is 37.9. The maximum absolute atomic E-state index is 12.8. The van der Waals surface area contributed by atoms with Crippen molar-refractivity contribution in [2.24, 2.45) is 0 Å². The third-order valence-corrected chi connectivity index (χ3v) is 10.8. The molecular weight excluding hydrogens is 781 g/mol. The minimum absolute atomic E-state index is 0.0953. The van der Waals surface area contributed by atoms with E-state index < -0.39 is 6.10 Å². The van der Waals surface area contributed by atoms with Crippen LogP contribution in [-0.2, 0) is 28.6 Å². The zero-order valence-electron chi connectivity index (χ0n) is 40.8. The Labute approximate surface area is 387 Å². The number of ether oxygens (including phenoxy) is 3. The van der Waals surface area contributed by atoms with Crippen LogP contribution < -0.4 is 0 Å². The van der Waals surface area contributed by atoms with Gasteiger partial charge in [-0.2, -0.15) is 0 Å². The summed E-state index contributed by atoms with van der Waals surface area (Å²) in [6, 6.07) is 0.